The van der Waals surface area contributed by atoms with Gasteiger partial charge in [0.15, 0.2) is 23.1 Å². The Morgan fingerprint density at radius 1 is 1.38 bits per heavy atom. The largest absolute Gasteiger partial charge is 0.509 e. The van der Waals surface area contributed by atoms with E-state index in [1.165, 1.54) is 29.6 Å². The van der Waals surface area contributed by atoms with Crippen LogP contribution >= 0.6 is 23.1 Å². The van der Waals surface area contributed by atoms with Gasteiger partial charge in [-0.15, -0.1) is 29.5 Å². The van der Waals surface area contributed by atoms with E-state index in [1.54, 1.807) is 0 Å². The molecule has 0 saturated carbocycles. The van der Waals surface area contributed by atoms with Gasteiger partial charge in [-0.2, -0.15) is 0 Å². The van der Waals surface area contributed by atoms with Gasteiger partial charge in [0.05, 0.1) is 10.7 Å². The number of amides is 3. The van der Waals surface area contributed by atoms with Crippen molar-refractivity contribution in [3.05, 3.63) is 62.5 Å². The van der Waals surface area contributed by atoms with E-state index in [0.29, 0.717) is 12.0 Å². The Bertz CT molecular complexity index is 1460. The number of anilines is 1. The number of aromatic nitrogens is 1. The average Bonchev–Trinajstić information content (AvgIpc) is 3.41. The summed E-state index contributed by atoms with van der Waals surface area (Å²) in [6.45, 7) is -0.510. The van der Waals surface area contributed by atoms with E-state index in [2.05, 4.69) is 26.7 Å². The standard InChI is InChI=1S/C23H18N6O9S2/c1-2-7-38-27-16(14-9-40-23(25-14)24-11-30)19(32)26-17-20(33)28-18(15(31)10-39-21(17)28)22(34)37-8-12-3-5-13(6-4-12)29(35)36/h1,3-6,9,11,17,21,31H,7-8,10H2,(H,26,32)(H,24,25,30)/t17?,21-/m1/s1. The maximum atomic E-state index is 13.1. The Kier molecular flexibility index (Phi) is 8.61. The van der Waals surface area contributed by atoms with E-state index in [-0.39, 0.29) is 52.6 Å². The molecule has 2 aromatic rings. The highest BCUT2D eigenvalue weighted by atomic mass is 32.2. The fourth-order valence-electron chi connectivity index (χ4n) is 3.57. The Balaban J connectivity index is 1.44. The van der Waals surface area contributed by atoms with Gasteiger partial charge in [-0.05, 0) is 17.7 Å². The number of esters is 1. The maximum absolute atomic E-state index is 13.1. The summed E-state index contributed by atoms with van der Waals surface area (Å²) in [6, 6.07) is 4.23. The zero-order valence-electron chi connectivity index (χ0n) is 20.1. The number of oxime groups is 1. The quantitative estimate of drug-likeness (QED) is 0.0493. The van der Waals surface area contributed by atoms with E-state index in [0.717, 1.165) is 28.0 Å². The normalized spacial score (nSPS) is 18.1. The number of thiazole rings is 1. The molecule has 4 rings (SSSR count). The molecule has 0 radical (unpaired) electrons. The lowest BCUT2D eigenvalue weighted by molar-refractivity contribution is -0.384. The summed E-state index contributed by atoms with van der Waals surface area (Å²) in [5.74, 6) is -0.734. The molecule has 2 aliphatic heterocycles. The van der Waals surface area contributed by atoms with E-state index in [1.807, 2.05) is 0 Å². The minimum absolute atomic E-state index is 0.0399. The first-order valence-corrected chi connectivity index (χ1v) is 13.1. The fraction of sp³-hybridized carbons (Fsp3) is 0.217. The number of aliphatic hydroxyl groups is 1. The molecule has 0 bridgehead atoms. The van der Waals surface area contributed by atoms with Crippen LogP contribution in [0.25, 0.3) is 0 Å². The lowest BCUT2D eigenvalue weighted by Gasteiger charge is -2.48. The first-order chi connectivity index (χ1) is 19.2. The van der Waals surface area contributed by atoms with Gasteiger partial charge in [-0.25, -0.2) is 9.78 Å². The number of fused-ring (bicyclic) bond motifs is 1. The van der Waals surface area contributed by atoms with Crippen molar-refractivity contribution in [2.75, 3.05) is 17.7 Å². The van der Waals surface area contributed by atoms with Gasteiger partial charge in [0.2, 0.25) is 6.41 Å². The predicted molar refractivity (Wildman–Crippen MR) is 141 cm³/mol. The molecule has 2 aliphatic rings. The first-order valence-electron chi connectivity index (χ1n) is 11.1. The second kappa shape index (κ2) is 12.3. The molecule has 1 unspecified atom stereocenters. The Morgan fingerprint density at radius 3 is 2.80 bits per heavy atom. The highest BCUT2D eigenvalue weighted by molar-refractivity contribution is 8.00. The number of aliphatic hydroxyl groups excluding tert-OH is 1. The Hall–Kier alpha value is -4.95. The van der Waals surface area contributed by atoms with Crippen molar-refractivity contribution in [1.29, 1.82) is 0 Å². The lowest BCUT2D eigenvalue weighted by atomic mass is 10.0. The zero-order chi connectivity index (χ0) is 28.8. The van der Waals surface area contributed by atoms with Crippen LogP contribution in [0.5, 0.6) is 0 Å². The second-order valence-electron chi connectivity index (χ2n) is 7.87. The molecule has 40 heavy (non-hydrogen) atoms. The summed E-state index contributed by atoms with van der Waals surface area (Å²) < 4.78 is 5.22. The highest BCUT2D eigenvalue weighted by Crippen LogP contribution is 2.40. The molecular weight excluding hydrogens is 568 g/mol. The van der Waals surface area contributed by atoms with Crippen LogP contribution < -0.4 is 10.6 Å². The number of nitrogens with one attached hydrogen (secondary N) is 2. The Morgan fingerprint density at radius 2 is 2.12 bits per heavy atom. The number of ether oxygens (including phenoxy) is 1. The number of carbonyl (C=O) groups is 4. The number of carbonyl (C=O) groups excluding carboxylic acids is 4. The summed E-state index contributed by atoms with van der Waals surface area (Å²) in [6.07, 6.45) is 5.56. The summed E-state index contributed by atoms with van der Waals surface area (Å²) >= 11 is 2.13. The predicted octanol–water partition coefficient (Wildman–Crippen LogP) is 0.886. The summed E-state index contributed by atoms with van der Waals surface area (Å²) in [4.78, 5) is 69.8. The van der Waals surface area contributed by atoms with Crippen LogP contribution in [-0.4, -0.2) is 73.6 Å². The van der Waals surface area contributed by atoms with Crippen molar-refractivity contribution in [2.45, 2.75) is 18.0 Å². The second-order valence-corrected chi connectivity index (χ2v) is 9.84. The van der Waals surface area contributed by atoms with Crippen LogP contribution in [0.1, 0.15) is 11.3 Å². The van der Waals surface area contributed by atoms with E-state index < -0.39 is 34.1 Å². The van der Waals surface area contributed by atoms with E-state index >= 15 is 0 Å². The minimum atomic E-state index is -1.09. The summed E-state index contributed by atoms with van der Waals surface area (Å²) in [7, 11) is 0. The van der Waals surface area contributed by atoms with E-state index in [9.17, 15) is 34.4 Å². The van der Waals surface area contributed by atoms with Crippen LogP contribution in [0, 0.1) is 22.5 Å². The van der Waals surface area contributed by atoms with Crippen molar-refractivity contribution in [3.8, 4) is 12.3 Å². The number of terminal acetylenes is 1. The number of hydrogen-bond donors (Lipinski definition) is 3. The van der Waals surface area contributed by atoms with Crippen LogP contribution in [-0.2, 0) is 35.4 Å². The SMILES string of the molecule is C#CCON=C(C(=O)NC1C(=O)N2C(C(=O)OCc3ccc([N+](=O)[O-])cc3)=C(O)CS[C@H]12)c1csc(NC=O)n1. The molecule has 15 nitrogen and oxygen atoms in total. The third-order valence-electron chi connectivity index (χ3n) is 5.39. The third-order valence-corrected chi connectivity index (χ3v) is 7.43. The lowest BCUT2D eigenvalue weighted by Crippen LogP contribution is -2.71. The van der Waals surface area contributed by atoms with Gasteiger partial charge in [-0.1, -0.05) is 11.1 Å². The number of non-ortho nitro benzene ring substituents is 1. The smallest absolute Gasteiger partial charge is 0.358 e. The molecule has 2 atom stereocenters. The van der Waals surface area contributed by atoms with Gasteiger partial charge in [0, 0.05) is 17.5 Å². The van der Waals surface area contributed by atoms with Crippen LogP contribution in [0.4, 0.5) is 10.8 Å². The average molecular weight is 587 g/mol. The number of benzene rings is 1. The van der Waals surface area contributed by atoms with Crippen LogP contribution in [0.3, 0.4) is 0 Å². The van der Waals surface area contributed by atoms with Gasteiger partial charge in [-0.3, -0.25) is 29.4 Å². The van der Waals surface area contributed by atoms with Crippen molar-refractivity contribution >= 4 is 63.8 Å². The molecule has 3 heterocycles. The highest BCUT2D eigenvalue weighted by Gasteiger charge is 2.55. The number of nitrogens with zero attached hydrogens (tertiary/aromatic N) is 4. The molecule has 1 aromatic heterocycles. The number of β-lactam (4-membered cyclic amide) rings is 1. The molecule has 3 amide bonds. The van der Waals surface area contributed by atoms with Crippen molar-refractivity contribution < 1.29 is 38.8 Å². The molecule has 206 valence electrons. The fourth-order valence-corrected chi connectivity index (χ4v) is 5.43. The molecule has 1 aromatic carbocycles. The summed E-state index contributed by atoms with van der Waals surface area (Å²) in [5, 5.41) is 30.6. The number of rotatable bonds is 11. The van der Waals surface area contributed by atoms with Crippen LogP contribution in [0.2, 0.25) is 0 Å². The van der Waals surface area contributed by atoms with Crippen LogP contribution in [0.15, 0.2) is 46.3 Å². The minimum Gasteiger partial charge on any atom is -0.509 e. The van der Waals surface area contributed by atoms with Crippen molar-refractivity contribution in [3.63, 3.8) is 0 Å². The zero-order valence-corrected chi connectivity index (χ0v) is 21.8. The van der Waals surface area contributed by atoms with Gasteiger partial charge < -0.3 is 25.3 Å². The molecular formula is C23H18N6O9S2. The number of thioether (sulfide) groups is 1. The monoisotopic (exact) mass is 586 g/mol. The van der Waals surface area contributed by atoms with Gasteiger partial charge >= 0.3 is 5.97 Å². The van der Waals surface area contributed by atoms with Gasteiger partial charge in [0.1, 0.15) is 29.5 Å². The molecule has 3 N–H and O–H groups in total. The number of nitro benzene ring substituents is 1. The third kappa shape index (κ3) is 5.87. The molecule has 17 heteroatoms. The van der Waals surface area contributed by atoms with E-state index in [4.69, 9.17) is 16.0 Å². The first kappa shape index (κ1) is 28.1. The molecule has 1 saturated heterocycles. The number of hydrogen-bond acceptors (Lipinski definition) is 13. The molecule has 0 spiro atoms. The summed E-state index contributed by atoms with van der Waals surface area (Å²) in [5.41, 5.74) is -0.300. The number of nitro groups is 1. The van der Waals surface area contributed by atoms with Gasteiger partial charge in [0.25, 0.3) is 17.5 Å². The topological polar surface area (TPSA) is 203 Å². The Labute approximate surface area is 233 Å². The van der Waals surface area contributed by atoms with Crippen molar-refractivity contribution in [1.82, 2.24) is 15.2 Å². The maximum Gasteiger partial charge on any atom is 0.358 e. The molecule has 0 aliphatic carbocycles. The molecule has 1 fully saturated rings. The van der Waals surface area contributed by atoms with Crippen molar-refractivity contribution in [2.24, 2.45) is 5.16 Å².